The Morgan fingerprint density at radius 2 is 2.07 bits per heavy atom. The lowest BCUT2D eigenvalue weighted by molar-refractivity contribution is -0.131. The number of carbonyl (C=O) groups excluding carboxylic acids is 1. The quantitative estimate of drug-likeness (QED) is 0.465. The van der Waals surface area contributed by atoms with Crippen LogP contribution in [0.25, 0.3) is 0 Å². The normalized spacial score (nSPS) is 8.71. The molecule has 78 valence electrons. The van der Waals surface area contributed by atoms with E-state index in [2.05, 4.69) is 0 Å². The van der Waals surface area contributed by atoms with Crippen molar-refractivity contribution in [2.45, 2.75) is 6.92 Å². The molecule has 0 aromatic heterocycles. The number of carbonyl (C=O) groups is 1. The van der Waals surface area contributed by atoms with E-state index in [4.69, 9.17) is 15.2 Å². The Morgan fingerprint density at radius 3 is 2.50 bits per heavy atom. The molecular weight excluding hydrogens is 206 g/mol. The highest BCUT2D eigenvalue weighted by Crippen LogP contribution is 2.25. The van der Waals surface area contributed by atoms with Gasteiger partial charge in [0, 0.05) is 13.0 Å². The maximum Gasteiger partial charge on any atom is 0.308 e. The second kappa shape index (κ2) is 5.34. The van der Waals surface area contributed by atoms with Gasteiger partial charge < -0.3 is 15.2 Å². The molecule has 0 saturated carbocycles. The van der Waals surface area contributed by atoms with E-state index in [1.165, 1.54) is 14.0 Å². The molecule has 0 fully saturated rings. The van der Waals surface area contributed by atoms with Crippen LogP contribution in [0.3, 0.4) is 0 Å². The number of anilines is 1. The standard InChI is InChI=1S/C9H11NO3.ClH/c1-6(11)13-7-3-4-9(12-2)8(10)5-7;/h3-5H,10H2,1-2H3;1H. The number of methoxy groups -OCH3 is 1. The van der Waals surface area contributed by atoms with Crippen LogP contribution in [0.2, 0.25) is 0 Å². The molecule has 0 bridgehead atoms. The van der Waals surface area contributed by atoms with Gasteiger partial charge in [-0.05, 0) is 12.1 Å². The van der Waals surface area contributed by atoms with E-state index in [9.17, 15) is 4.79 Å². The van der Waals surface area contributed by atoms with Gasteiger partial charge in [0.15, 0.2) is 0 Å². The lowest BCUT2D eigenvalue weighted by atomic mass is 10.3. The molecule has 0 aliphatic carbocycles. The number of halogens is 1. The molecule has 0 atom stereocenters. The molecular formula is C9H12ClNO3. The summed E-state index contributed by atoms with van der Waals surface area (Å²) in [6, 6.07) is 4.81. The van der Waals surface area contributed by atoms with Gasteiger partial charge in [-0.1, -0.05) is 0 Å². The number of ether oxygens (including phenoxy) is 2. The molecule has 5 heteroatoms. The van der Waals surface area contributed by atoms with E-state index in [0.717, 1.165) is 0 Å². The summed E-state index contributed by atoms with van der Waals surface area (Å²) in [6.07, 6.45) is 0. The van der Waals surface area contributed by atoms with Crippen LogP contribution < -0.4 is 15.2 Å². The van der Waals surface area contributed by atoms with E-state index in [1.807, 2.05) is 0 Å². The third kappa shape index (κ3) is 3.14. The van der Waals surface area contributed by atoms with Gasteiger partial charge in [0.25, 0.3) is 0 Å². The number of hydrogen-bond acceptors (Lipinski definition) is 4. The van der Waals surface area contributed by atoms with Crippen molar-refractivity contribution in [1.29, 1.82) is 0 Å². The van der Waals surface area contributed by atoms with Crippen LogP contribution in [0, 0.1) is 0 Å². The summed E-state index contributed by atoms with van der Waals surface area (Å²) < 4.78 is 9.76. The Morgan fingerprint density at radius 1 is 1.43 bits per heavy atom. The van der Waals surface area contributed by atoms with E-state index in [0.29, 0.717) is 17.2 Å². The van der Waals surface area contributed by atoms with Crippen LogP contribution in [0.1, 0.15) is 6.92 Å². The van der Waals surface area contributed by atoms with Crippen molar-refractivity contribution >= 4 is 24.1 Å². The minimum atomic E-state index is -0.371. The average Bonchev–Trinajstić information content (AvgIpc) is 2.03. The van der Waals surface area contributed by atoms with Crippen molar-refractivity contribution in [1.82, 2.24) is 0 Å². The molecule has 0 aliphatic rings. The van der Waals surface area contributed by atoms with Crippen molar-refractivity contribution in [3.8, 4) is 11.5 Å². The Bertz CT molecular complexity index is 328. The summed E-state index contributed by atoms with van der Waals surface area (Å²) >= 11 is 0. The van der Waals surface area contributed by atoms with Crippen molar-refractivity contribution in [2.24, 2.45) is 0 Å². The number of rotatable bonds is 2. The minimum Gasteiger partial charge on any atom is -0.495 e. The second-order valence-corrected chi connectivity index (χ2v) is 2.50. The third-order valence-electron chi connectivity index (χ3n) is 1.46. The summed E-state index contributed by atoms with van der Waals surface area (Å²) in [5, 5.41) is 0. The van der Waals surface area contributed by atoms with Gasteiger partial charge in [-0.3, -0.25) is 4.79 Å². The van der Waals surface area contributed by atoms with Crippen molar-refractivity contribution < 1.29 is 14.3 Å². The molecule has 14 heavy (non-hydrogen) atoms. The highest BCUT2D eigenvalue weighted by molar-refractivity contribution is 5.85. The van der Waals surface area contributed by atoms with Gasteiger partial charge in [0.05, 0.1) is 12.8 Å². The largest absolute Gasteiger partial charge is 0.495 e. The Kier molecular flexibility index (Phi) is 4.80. The molecule has 1 aromatic carbocycles. The van der Waals surface area contributed by atoms with Crippen LogP contribution in [0.5, 0.6) is 11.5 Å². The van der Waals surface area contributed by atoms with Gasteiger partial charge in [0.2, 0.25) is 0 Å². The molecule has 0 spiro atoms. The fourth-order valence-electron chi connectivity index (χ4n) is 0.942. The first-order chi connectivity index (χ1) is 6.13. The fraction of sp³-hybridized carbons (Fsp3) is 0.222. The molecule has 0 radical (unpaired) electrons. The molecule has 0 amide bonds. The average molecular weight is 218 g/mol. The molecule has 1 aromatic rings. The van der Waals surface area contributed by atoms with Gasteiger partial charge in [-0.15, -0.1) is 12.4 Å². The molecule has 1 rings (SSSR count). The number of nitrogen functional groups attached to an aromatic ring is 1. The molecule has 0 saturated heterocycles. The second-order valence-electron chi connectivity index (χ2n) is 2.50. The van der Waals surface area contributed by atoms with E-state index >= 15 is 0 Å². The highest BCUT2D eigenvalue weighted by Gasteiger charge is 2.02. The first-order valence-electron chi connectivity index (χ1n) is 3.75. The number of benzene rings is 1. The smallest absolute Gasteiger partial charge is 0.308 e. The SMILES string of the molecule is COc1ccc(OC(C)=O)cc1N.Cl. The lowest BCUT2D eigenvalue weighted by Gasteiger charge is -2.06. The van der Waals surface area contributed by atoms with Crippen LogP contribution in [0.15, 0.2) is 18.2 Å². The third-order valence-corrected chi connectivity index (χ3v) is 1.46. The van der Waals surface area contributed by atoms with Crippen molar-refractivity contribution in [2.75, 3.05) is 12.8 Å². The van der Waals surface area contributed by atoms with Crippen LogP contribution in [-0.4, -0.2) is 13.1 Å². The van der Waals surface area contributed by atoms with Crippen LogP contribution in [0.4, 0.5) is 5.69 Å². The topological polar surface area (TPSA) is 61.5 Å². The highest BCUT2D eigenvalue weighted by atomic mass is 35.5. The minimum absolute atomic E-state index is 0. The molecule has 4 nitrogen and oxygen atoms in total. The van der Waals surface area contributed by atoms with Gasteiger partial charge in [-0.2, -0.15) is 0 Å². The first-order valence-corrected chi connectivity index (χ1v) is 3.75. The summed E-state index contributed by atoms with van der Waals surface area (Å²) in [5.74, 6) is 0.617. The molecule has 0 unspecified atom stereocenters. The van der Waals surface area contributed by atoms with Gasteiger partial charge in [0.1, 0.15) is 11.5 Å². The molecule has 2 N–H and O–H groups in total. The van der Waals surface area contributed by atoms with Gasteiger partial charge in [-0.25, -0.2) is 0 Å². The summed E-state index contributed by atoms with van der Waals surface area (Å²) in [7, 11) is 1.52. The van der Waals surface area contributed by atoms with Crippen molar-refractivity contribution in [3.05, 3.63) is 18.2 Å². The zero-order valence-corrected chi connectivity index (χ0v) is 8.76. The van der Waals surface area contributed by atoms with Crippen LogP contribution >= 0.6 is 12.4 Å². The monoisotopic (exact) mass is 217 g/mol. The Hall–Kier alpha value is -1.42. The summed E-state index contributed by atoms with van der Waals surface area (Å²) in [6.45, 7) is 1.33. The molecule has 0 heterocycles. The summed E-state index contributed by atoms with van der Waals surface area (Å²) in [4.78, 5) is 10.6. The van der Waals surface area contributed by atoms with Crippen LogP contribution in [-0.2, 0) is 4.79 Å². The Labute approximate surface area is 88.4 Å². The first kappa shape index (κ1) is 12.6. The molecule has 0 aliphatic heterocycles. The van der Waals surface area contributed by atoms with E-state index in [1.54, 1.807) is 18.2 Å². The zero-order chi connectivity index (χ0) is 9.84. The maximum atomic E-state index is 10.6. The van der Waals surface area contributed by atoms with Gasteiger partial charge >= 0.3 is 5.97 Å². The number of nitrogens with two attached hydrogens (primary N) is 1. The van der Waals surface area contributed by atoms with E-state index < -0.39 is 0 Å². The van der Waals surface area contributed by atoms with Crippen molar-refractivity contribution in [3.63, 3.8) is 0 Å². The maximum absolute atomic E-state index is 10.6. The summed E-state index contributed by atoms with van der Waals surface area (Å²) in [5.41, 5.74) is 6.04. The predicted molar refractivity (Wildman–Crippen MR) is 56.0 cm³/mol. The Balaban J connectivity index is 0.00000169. The number of esters is 1. The lowest BCUT2D eigenvalue weighted by Crippen LogP contribution is -2.02. The fourth-order valence-corrected chi connectivity index (χ4v) is 0.942. The van der Waals surface area contributed by atoms with E-state index in [-0.39, 0.29) is 18.4 Å². The zero-order valence-electron chi connectivity index (χ0n) is 7.94. The number of hydrogen-bond donors (Lipinski definition) is 1. The predicted octanol–water partition coefficient (Wildman–Crippen LogP) is 1.62.